The van der Waals surface area contributed by atoms with E-state index in [1.807, 2.05) is 19.2 Å². The first-order valence-electron chi connectivity index (χ1n) is 6.67. The van der Waals surface area contributed by atoms with Crippen molar-refractivity contribution in [1.29, 1.82) is 0 Å². The smallest absolute Gasteiger partial charge is 0.133 e. The summed E-state index contributed by atoms with van der Waals surface area (Å²) in [6.45, 7) is 6.55. The van der Waals surface area contributed by atoms with Crippen molar-refractivity contribution in [2.24, 2.45) is 11.7 Å². The van der Waals surface area contributed by atoms with Crippen molar-refractivity contribution in [1.82, 2.24) is 4.98 Å². The van der Waals surface area contributed by atoms with Crippen LogP contribution in [0.3, 0.4) is 0 Å². The van der Waals surface area contributed by atoms with Crippen molar-refractivity contribution < 1.29 is 0 Å². The van der Waals surface area contributed by atoms with E-state index >= 15 is 0 Å². The average molecular weight is 233 g/mol. The minimum absolute atomic E-state index is 0.0580. The molecule has 0 saturated carbocycles. The standard InChI is InChI=1S/C14H23N3/c1-3-12-6-9-17(10-7-12)14-13(11(2)15)5-4-8-16-14/h4-5,8,11-12H,3,6-7,9-10,15H2,1-2H3/t11-/m0/s1. The van der Waals surface area contributed by atoms with E-state index in [9.17, 15) is 0 Å². The van der Waals surface area contributed by atoms with Gasteiger partial charge in [0.2, 0.25) is 0 Å². The van der Waals surface area contributed by atoms with Gasteiger partial charge in [0.1, 0.15) is 5.82 Å². The van der Waals surface area contributed by atoms with E-state index in [0.717, 1.165) is 24.8 Å². The van der Waals surface area contributed by atoms with E-state index in [0.29, 0.717) is 0 Å². The van der Waals surface area contributed by atoms with Crippen LogP contribution in [-0.4, -0.2) is 18.1 Å². The van der Waals surface area contributed by atoms with Gasteiger partial charge in [0, 0.05) is 30.9 Å². The molecule has 1 saturated heterocycles. The highest BCUT2D eigenvalue weighted by atomic mass is 15.2. The summed E-state index contributed by atoms with van der Waals surface area (Å²) in [6.07, 6.45) is 5.74. The molecule has 3 heteroatoms. The maximum Gasteiger partial charge on any atom is 0.133 e. The summed E-state index contributed by atoms with van der Waals surface area (Å²) in [4.78, 5) is 6.91. The van der Waals surface area contributed by atoms with Crippen LogP contribution in [0.25, 0.3) is 0 Å². The monoisotopic (exact) mass is 233 g/mol. The van der Waals surface area contributed by atoms with E-state index in [-0.39, 0.29) is 6.04 Å². The lowest BCUT2D eigenvalue weighted by atomic mass is 9.94. The Labute approximate surface area is 104 Å². The molecule has 2 rings (SSSR count). The van der Waals surface area contributed by atoms with Crippen molar-refractivity contribution in [3.63, 3.8) is 0 Å². The van der Waals surface area contributed by atoms with Crippen LogP contribution in [0.1, 0.15) is 44.7 Å². The molecule has 3 nitrogen and oxygen atoms in total. The zero-order chi connectivity index (χ0) is 12.3. The Bertz CT molecular complexity index is 354. The number of rotatable bonds is 3. The number of aromatic nitrogens is 1. The Morgan fingerprint density at radius 2 is 2.18 bits per heavy atom. The predicted octanol–water partition coefficient (Wildman–Crippen LogP) is 2.73. The molecular weight excluding hydrogens is 210 g/mol. The maximum atomic E-state index is 6.01. The summed E-state index contributed by atoms with van der Waals surface area (Å²) in [6, 6.07) is 4.13. The fourth-order valence-corrected chi connectivity index (χ4v) is 2.58. The second-order valence-electron chi connectivity index (χ2n) is 5.04. The molecule has 1 aliphatic rings. The second kappa shape index (κ2) is 5.50. The summed E-state index contributed by atoms with van der Waals surface area (Å²) in [5.41, 5.74) is 7.18. The molecule has 0 bridgehead atoms. The van der Waals surface area contributed by atoms with Gasteiger partial charge in [-0.2, -0.15) is 0 Å². The zero-order valence-electron chi connectivity index (χ0n) is 10.9. The average Bonchev–Trinajstić information content (AvgIpc) is 2.39. The van der Waals surface area contributed by atoms with Gasteiger partial charge in [0.25, 0.3) is 0 Å². The third-order valence-corrected chi connectivity index (χ3v) is 3.80. The molecule has 1 aliphatic heterocycles. The van der Waals surface area contributed by atoms with E-state index < -0.39 is 0 Å². The normalized spacial score (nSPS) is 19.4. The molecule has 0 aromatic carbocycles. The van der Waals surface area contributed by atoms with E-state index in [1.165, 1.54) is 24.8 Å². The summed E-state index contributed by atoms with van der Waals surface area (Å²) in [5.74, 6) is 1.99. The molecular formula is C14H23N3. The molecule has 0 spiro atoms. The fraction of sp³-hybridized carbons (Fsp3) is 0.643. The van der Waals surface area contributed by atoms with Crippen molar-refractivity contribution in [3.8, 4) is 0 Å². The molecule has 2 heterocycles. The summed E-state index contributed by atoms with van der Waals surface area (Å²) >= 11 is 0. The number of piperidine rings is 1. The third-order valence-electron chi connectivity index (χ3n) is 3.80. The summed E-state index contributed by atoms with van der Waals surface area (Å²) in [5, 5.41) is 0. The minimum Gasteiger partial charge on any atom is -0.356 e. The molecule has 1 atom stereocenters. The highest BCUT2D eigenvalue weighted by molar-refractivity contribution is 5.48. The largest absolute Gasteiger partial charge is 0.356 e. The van der Waals surface area contributed by atoms with Gasteiger partial charge in [-0.15, -0.1) is 0 Å². The van der Waals surface area contributed by atoms with Gasteiger partial charge < -0.3 is 10.6 Å². The van der Waals surface area contributed by atoms with Gasteiger partial charge in [-0.05, 0) is 31.7 Å². The molecule has 0 amide bonds. The molecule has 2 N–H and O–H groups in total. The first kappa shape index (κ1) is 12.4. The van der Waals surface area contributed by atoms with Crippen LogP contribution in [0.5, 0.6) is 0 Å². The molecule has 0 unspecified atom stereocenters. The number of nitrogens with two attached hydrogens (primary N) is 1. The number of hydrogen-bond acceptors (Lipinski definition) is 3. The topological polar surface area (TPSA) is 42.2 Å². The Balaban J connectivity index is 2.13. The zero-order valence-corrected chi connectivity index (χ0v) is 10.9. The van der Waals surface area contributed by atoms with Crippen molar-refractivity contribution >= 4 is 5.82 Å². The lowest BCUT2D eigenvalue weighted by Gasteiger charge is -2.33. The van der Waals surface area contributed by atoms with E-state index in [1.54, 1.807) is 0 Å². The number of hydrogen-bond donors (Lipinski definition) is 1. The summed E-state index contributed by atoms with van der Waals surface area (Å²) in [7, 11) is 0. The quantitative estimate of drug-likeness (QED) is 0.873. The molecule has 1 aromatic rings. The number of anilines is 1. The Morgan fingerprint density at radius 3 is 2.76 bits per heavy atom. The van der Waals surface area contributed by atoms with Crippen molar-refractivity contribution in [2.75, 3.05) is 18.0 Å². The Morgan fingerprint density at radius 1 is 1.47 bits per heavy atom. The van der Waals surface area contributed by atoms with E-state index in [4.69, 9.17) is 5.73 Å². The lowest BCUT2D eigenvalue weighted by Crippen LogP contribution is -2.35. The molecule has 17 heavy (non-hydrogen) atoms. The lowest BCUT2D eigenvalue weighted by molar-refractivity contribution is 0.393. The second-order valence-corrected chi connectivity index (χ2v) is 5.04. The van der Waals surface area contributed by atoms with Crippen LogP contribution in [-0.2, 0) is 0 Å². The van der Waals surface area contributed by atoms with Crippen LogP contribution in [0, 0.1) is 5.92 Å². The Hall–Kier alpha value is -1.09. The maximum absolute atomic E-state index is 6.01. The number of pyridine rings is 1. The van der Waals surface area contributed by atoms with Gasteiger partial charge >= 0.3 is 0 Å². The minimum atomic E-state index is 0.0580. The fourth-order valence-electron chi connectivity index (χ4n) is 2.58. The van der Waals surface area contributed by atoms with Crippen LogP contribution >= 0.6 is 0 Å². The van der Waals surface area contributed by atoms with Crippen LogP contribution in [0.15, 0.2) is 18.3 Å². The van der Waals surface area contributed by atoms with Gasteiger partial charge in [-0.3, -0.25) is 0 Å². The van der Waals surface area contributed by atoms with Crippen LogP contribution < -0.4 is 10.6 Å². The number of nitrogens with zero attached hydrogens (tertiary/aromatic N) is 2. The van der Waals surface area contributed by atoms with Crippen LogP contribution in [0.4, 0.5) is 5.82 Å². The van der Waals surface area contributed by atoms with Gasteiger partial charge in [0.15, 0.2) is 0 Å². The molecule has 1 fully saturated rings. The highest BCUT2D eigenvalue weighted by Gasteiger charge is 2.21. The summed E-state index contributed by atoms with van der Waals surface area (Å²) < 4.78 is 0. The first-order chi connectivity index (χ1) is 8.22. The SMILES string of the molecule is CCC1CCN(c2ncccc2[C@H](C)N)CC1. The van der Waals surface area contributed by atoms with Crippen molar-refractivity contribution in [2.45, 2.75) is 39.2 Å². The van der Waals surface area contributed by atoms with Gasteiger partial charge in [0.05, 0.1) is 0 Å². The van der Waals surface area contributed by atoms with Gasteiger partial charge in [-0.1, -0.05) is 19.4 Å². The molecule has 0 radical (unpaired) electrons. The molecule has 1 aromatic heterocycles. The van der Waals surface area contributed by atoms with Gasteiger partial charge in [-0.25, -0.2) is 4.98 Å². The molecule has 94 valence electrons. The van der Waals surface area contributed by atoms with Crippen molar-refractivity contribution in [3.05, 3.63) is 23.9 Å². The first-order valence-corrected chi connectivity index (χ1v) is 6.67. The van der Waals surface area contributed by atoms with Crippen LogP contribution in [0.2, 0.25) is 0 Å². The molecule has 0 aliphatic carbocycles. The van der Waals surface area contributed by atoms with E-state index in [2.05, 4.69) is 22.9 Å². The predicted molar refractivity (Wildman–Crippen MR) is 72.1 cm³/mol. The highest BCUT2D eigenvalue weighted by Crippen LogP contribution is 2.27. The third kappa shape index (κ3) is 2.78. The Kier molecular flexibility index (Phi) is 4.00.